The molecule has 0 bridgehead atoms. The van der Waals surface area contributed by atoms with E-state index in [1.807, 2.05) is 19.0 Å². The van der Waals surface area contributed by atoms with E-state index in [2.05, 4.69) is 4.98 Å². The van der Waals surface area contributed by atoms with Gasteiger partial charge in [-0.15, -0.1) is 11.3 Å². The van der Waals surface area contributed by atoms with Gasteiger partial charge in [0.25, 0.3) is 5.56 Å². The Morgan fingerprint density at radius 2 is 1.96 bits per heavy atom. The second-order valence-electron chi connectivity index (χ2n) is 5.81. The molecular weight excluding hydrogens is 360 g/mol. The number of fused-ring (bicyclic) bond motifs is 3. The van der Waals surface area contributed by atoms with Gasteiger partial charge in [0.15, 0.2) is 6.20 Å². The van der Waals surface area contributed by atoms with E-state index in [0.29, 0.717) is 20.9 Å². The zero-order chi connectivity index (χ0) is 17.7. The van der Waals surface area contributed by atoms with Crippen molar-refractivity contribution in [2.45, 2.75) is 0 Å². The van der Waals surface area contributed by atoms with Crippen molar-refractivity contribution in [2.75, 3.05) is 19.0 Å². The number of nitrogens with zero attached hydrogens (tertiary/aromatic N) is 4. The molecule has 0 atom stereocenters. The smallest absolute Gasteiger partial charge is 0.275 e. The molecule has 4 rings (SSSR count). The molecule has 0 saturated heterocycles. The maximum absolute atomic E-state index is 13.0. The fraction of sp³-hybridized carbons (Fsp3) is 0.118. The molecule has 4 aromatic rings. The van der Waals surface area contributed by atoms with Crippen molar-refractivity contribution in [3.63, 3.8) is 0 Å². The molecule has 8 heteroatoms. The molecule has 0 saturated carbocycles. The molecule has 6 nitrogen and oxygen atoms in total. The average molecular weight is 373 g/mol. The molecule has 0 spiro atoms. The van der Waals surface area contributed by atoms with Crippen LogP contribution in [0.15, 0.2) is 47.8 Å². The first kappa shape index (κ1) is 15.9. The van der Waals surface area contributed by atoms with Crippen LogP contribution >= 0.6 is 22.9 Å². The molecule has 25 heavy (non-hydrogen) atoms. The Morgan fingerprint density at radius 3 is 2.64 bits per heavy atom. The van der Waals surface area contributed by atoms with Crippen LogP contribution < -0.4 is 15.2 Å². The van der Waals surface area contributed by atoms with Gasteiger partial charge in [-0.1, -0.05) is 11.6 Å². The van der Waals surface area contributed by atoms with Gasteiger partial charge in [-0.05, 0) is 24.3 Å². The van der Waals surface area contributed by atoms with Gasteiger partial charge in [-0.25, -0.2) is 4.98 Å². The summed E-state index contributed by atoms with van der Waals surface area (Å²) in [5.41, 5.74) is 1.86. The van der Waals surface area contributed by atoms with E-state index in [0.717, 1.165) is 20.5 Å². The van der Waals surface area contributed by atoms with Gasteiger partial charge in [0.05, 0.1) is 16.6 Å². The number of halogens is 1. The first-order chi connectivity index (χ1) is 12.0. The number of hydrogen-bond donors (Lipinski definition) is 0. The SMILES string of the molecule is CN(C)c1c[n+]([O-])cc2sc3c(=O)n(-c4ccc(Cl)cc4)cnc3c12. The minimum atomic E-state index is -0.171. The molecule has 0 amide bonds. The lowest BCUT2D eigenvalue weighted by Gasteiger charge is -2.12. The normalized spacial score (nSPS) is 11.3. The van der Waals surface area contributed by atoms with E-state index in [1.54, 1.807) is 24.3 Å². The predicted molar refractivity (Wildman–Crippen MR) is 101 cm³/mol. The van der Waals surface area contributed by atoms with Crippen LogP contribution in [0.1, 0.15) is 0 Å². The largest absolute Gasteiger partial charge is 0.619 e. The Bertz CT molecular complexity index is 1170. The fourth-order valence-electron chi connectivity index (χ4n) is 2.79. The highest BCUT2D eigenvalue weighted by Crippen LogP contribution is 2.35. The van der Waals surface area contributed by atoms with Crippen LogP contribution in [0, 0.1) is 5.21 Å². The molecule has 0 aliphatic heterocycles. The van der Waals surface area contributed by atoms with Gasteiger partial charge in [0, 0.05) is 19.1 Å². The highest BCUT2D eigenvalue weighted by atomic mass is 35.5. The van der Waals surface area contributed by atoms with Crippen LogP contribution in [0.2, 0.25) is 5.02 Å². The molecule has 3 aromatic heterocycles. The molecule has 3 heterocycles. The third-order valence-electron chi connectivity index (χ3n) is 3.96. The van der Waals surface area contributed by atoms with Crippen molar-refractivity contribution in [3.05, 3.63) is 63.6 Å². The Morgan fingerprint density at radius 1 is 1.24 bits per heavy atom. The van der Waals surface area contributed by atoms with Gasteiger partial charge < -0.3 is 10.1 Å². The molecule has 1 aromatic carbocycles. The third-order valence-corrected chi connectivity index (χ3v) is 5.32. The van der Waals surface area contributed by atoms with Crippen molar-refractivity contribution >= 4 is 48.9 Å². The number of hydrogen-bond acceptors (Lipinski definition) is 5. The topological polar surface area (TPSA) is 65.1 Å². The molecule has 0 aliphatic rings. The summed E-state index contributed by atoms with van der Waals surface area (Å²) < 4.78 is 3.48. The summed E-state index contributed by atoms with van der Waals surface area (Å²) in [7, 11) is 3.71. The lowest BCUT2D eigenvalue weighted by molar-refractivity contribution is -0.603. The Kier molecular flexibility index (Phi) is 3.63. The van der Waals surface area contributed by atoms with Gasteiger partial charge in [0.2, 0.25) is 6.20 Å². The Hall–Kier alpha value is -2.64. The summed E-state index contributed by atoms with van der Waals surface area (Å²) in [4.78, 5) is 19.3. The second kappa shape index (κ2) is 5.72. The van der Waals surface area contributed by atoms with Gasteiger partial charge in [-0.3, -0.25) is 9.36 Å². The molecule has 0 radical (unpaired) electrons. The average Bonchev–Trinajstić information content (AvgIpc) is 2.94. The van der Waals surface area contributed by atoms with Crippen molar-refractivity contribution in [2.24, 2.45) is 0 Å². The summed E-state index contributed by atoms with van der Waals surface area (Å²) in [5, 5.41) is 13.3. The molecule has 0 unspecified atom stereocenters. The van der Waals surface area contributed by atoms with Crippen LogP contribution in [-0.2, 0) is 0 Å². The molecule has 0 N–H and O–H groups in total. The van der Waals surface area contributed by atoms with E-state index in [9.17, 15) is 10.0 Å². The number of thiophene rings is 1. The highest BCUT2D eigenvalue weighted by molar-refractivity contribution is 7.25. The first-order valence-electron chi connectivity index (χ1n) is 7.45. The van der Waals surface area contributed by atoms with Crippen molar-refractivity contribution in [3.8, 4) is 5.69 Å². The van der Waals surface area contributed by atoms with Gasteiger partial charge >= 0.3 is 0 Å². The quantitative estimate of drug-likeness (QED) is 0.401. The van der Waals surface area contributed by atoms with E-state index >= 15 is 0 Å². The van der Waals surface area contributed by atoms with E-state index in [-0.39, 0.29) is 5.56 Å². The third kappa shape index (κ3) is 2.52. The molecule has 0 fully saturated rings. The maximum atomic E-state index is 13.0. The Labute approximate surface area is 151 Å². The minimum Gasteiger partial charge on any atom is -0.619 e. The van der Waals surface area contributed by atoms with Crippen molar-refractivity contribution < 1.29 is 4.73 Å². The molecule has 126 valence electrons. The lowest BCUT2D eigenvalue weighted by atomic mass is 10.2. The van der Waals surface area contributed by atoms with Crippen LogP contribution in [0.5, 0.6) is 0 Å². The van der Waals surface area contributed by atoms with Gasteiger partial charge in [0.1, 0.15) is 21.4 Å². The number of aromatic nitrogens is 3. The van der Waals surface area contributed by atoms with E-state index in [4.69, 9.17) is 11.6 Å². The van der Waals surface area contributed by atoms with Crippen LogP contribution in [0.4, 0.5) is 5.69 Å². The number of benzene rings is 1. The Balaban J connectivity index is 2.05. The summed E-state index contributed by atoms with van der Waals surface area (Å²) in [6.45, 7) is 0. The van der Waals surface area contributed by atoms with Crippen LogP contribution in [-0.4, -0.2) is 23.6 Å². The molecule has 0 aliphatic carbocycles. The number of rotatable bonds is 2. The van der Waals surface area contributed by atoms with Crippen LogP contribution in [0.3, 0.4) is 0 Å². The molecular formula is C17H13ClN4O2S. The summed E-state index contributed by atoms with van der Waals surface area (Å²) in [5.74, 6) is 0. The van der Waals surface area contributed by atoms with E-state index < -0.39 is 0 Å². The lowest BCUT2D eigenvalue weighted by Crippen LogP contribution is -2.26. The zero-order valence-electron chi connectivity index (χ0n) is 13.4. The fourth-order valence-corrected chi connectivity index (χ4v) is 4.03. The minimum absolute atomic E-state index is 0.171. The standard InChI is InChI=1S/C17H13ClN4O2S/c1-20(2)12-7-21(24)8-13-14(12)15-16(25-13)17(23)22(9-19-15)11-5-3-10(18)4-6-11/h3-9H,1-2H3. The first-order valence-corrected chi connectivity index (χ1v) is 8.65. The van der Waals surface area contributed by atoms with Crippen LogP contribution in [0.25, 0.3) is 26.0 Å². The summed E-state index contributed by atoms with van der Waals surface area (Å²) >= 11 is 7.19. The van der Waals surface area contributed by atoms with Crippen molar-refractivity contribution in [1.29, 1.82) is 0 Å². The zero-order valence-corrected chi connectivity index (χ0v) is 15.0. The second-order valence-corrected chi connectivity index (χ2v) is 7.30. The van der Waals surface area contributed by atoms with Crippen molar-refractivity contribution in [1.82, 2.24) is 9.55 Å². The monoisotopic (exact) mass is 372 g/mol. The maximum Gasteiger partial charge on any atom is 0.275 e. The summed E-state index contributed by atoms with van der Waals surface area (Å²) in [6, 6.07) is 6.98. The van der Waals surface area contributed by atoms with Gasteiger partial charge in [-0.2, -0.15) is 4.73 Å². The van der Waals surface area contributed by atoms with E-state index in [1.165, 1.54) is 34.6 Å². The highest BCUT2D eigenvalue weighted by Gasteiger charge is 2.19. The number of pyridine rings is 1. The number of anilines is 1. The predicted octanol–water partition coefficient (Wildman–Crippen LogP) is 2.95. The summed E-state index contributed by atoms with van der Waals surface area (Å²) in [6.07, 6.45) is 4.47.